The first-order valence-corrected chi connectivity index (χ1v) is 14.8. The molecule has 3 amide bonds. The van der Waals surface area contributed by atoms with E-state index in [4.69, 9.17) is 4.74 Å². The van der Waals surface area contributed by atoms with Crippen LogP contribution < -0.4 is 10.1 Å². The Bertz CT molecular complexity index is 1180. The molecule has 1 atom stereocenters. The number of benzene rings is 1. The van der Waals surface area contributed by atoms with Gasteiger partial charge in [-0.2, -0.15) is 0 Å². The van der Waals surface area contributed by atoms with Gasteiger partial charge in [-0.1, -0.05) is 30.2 Å². The van der Waals surface area contributed by atoms with Crippen molar-refractivity contribution in [2.75, 3.05) is 39.3 Å². The molecule has 1 aromatic rings. The molecule has 208 valence electrons. The number of hydrogen-bond acceptors (Lipinski definition) is 6. The molecule has 1 N–H and O–H groups in total. The number of amides is 3. The number of allylic oxidation sites excluding steroid dienone is 2. The first-order valence-electron chi connectivity index (χ1n) is 14.8. The maximum atomic E-state index is 13.1. The Morgan fingerprint density at radius 1 is 0.872 bits per heavy atom. The summed E-state index contributed by atoms with van der Waals surface area (Å²) in [5, 5.41) is 2.36. The molecule has 1 aliphatic carbocycles. The van der Waals surface area contributed by atoms with Gasteiger partial charge in [-0.15, -0.1) is 0 Å². The lowest BCUT2D eigenvalue weighted by Gasteiger charge is -2.40. The zero-order valence-corrected chi connectivity index (χ0v) is 22.8. The summed E-state index contributed by atoms with van der Waals surface area (Å²) in [5.74, 6) is -0.145. The van der Waals surface area contributed by atoms with Crippen LogP contribution in [-0.4, -0.2) is 83.8 Å². The third kappa shape index (κ3) is 5.82. The molecule has 3 fully saturated rings. The number of imide groups is 1. The SMILES string of the molecule is O=C1CCC(N2Cc3c(OCC4=CC=C(CN5CCC(N6CCCCC6)CC5)CC4)cccc3C2=O)C(=O)N1. The predicted octanol–water partition coefficient (Wildman–Crippen LogP) is 3.42. The van der Waals surface area contributed by atoms with E-state index in [1.807, 2.05) is 12.1 Å². The minimum atomic E-state index is -0.615. The van der Waals surface area contributed by atoms with E-state index in [0.717, 1.165) is 31.0 Å². The fraction of sp³-hybridized carbons (Fsp3) is 0.581. The van der Waals surface area contributed by atoms with Crippen LogP contribution in [0.1, 0.15) is 73.7 Å². The van der Waals surface area contributed by atoms with Gasteiger partial charge >= 0.3 is 0 Å². The van der Waals surface area contributed by atoms with Crippen LogP contribution in [0.4, 0.5) is 0 Å². The molecule has 1 unspecified atom stereocenters. The summed E-state index contributed by atoms with van der Waals surface area (Å²) in [7, 11) is 0. The lowest BCUT2D eigenvalue weighted by atomic mass is 9.96. The molecule has 8 nitrogen and oxygen atoms in total. The topological polar surface area (TPSA) is 82.2 Å². The molecule has 0 saturated carbocycles. The van der Waals surface area contributed by atoms with Crippen LogP contribution in [0.2, 0.25) is 0 Å². The molecule has 0 aromatic heterocycles. The average Bonchev–Trinajstić information content (AvgIpc) is 3.30. The van der Waals surface area contributed by atoms with Crippen LogP contribution in [0, 0.1) is 0 Å². The number of carbonyl (C=O) groups excluding carboxylic acids is 3. The summed E-state index contributed by atoms with van der Waals surface area (Å²) in [6.07, 6.45) is 13.9. The molecule has 0 bridgehead atoms. The molecule has 0 spiro atoms. The van der Waals surface area contributed by atoms with E-state index in [2.05, 4.69) is 27.3 Å². The van der Waals surface area contributed by atoms with E-state index in [-0.39, 0.29) is 18.2 Å². The van der Waals surface area contributed by atoms with Crippen LogP contribution in [-0.2, 0) is 16.1 Å². The zero-order valence-electron chi connectivity index (χ0n) is 22.8. The molecule has 1 aromatic carbocycles. The summed E-state index contributed by atoms with van der Waals surface area (Å²) in [5.41, 5.74) is 4.17. The molecule has 39 heavy (non-hydrogen) atoms. The Morgan fingerprint density at radius 2 is 1.64 bits per heavy atom. The van der Waals surface area contributed by atoms with Crippen molar-refractivity contribution in [2.45, 2.75) is 76.4 Å². The van der Waals surface area contributed by atoms with Gasteiger partial charge in [0, 0.05) is 30.1 Å². The fourth-order valence-corrected chi connectivity index (χ4v) is 6.85. The van der Waals surface area contributed by atoms with E-state index < -0.39 is 11.9 Å². The Hall–Kier alpha value is -2.97. The van der Waals surface area contributed by atoms with Crippen molar-refractivity contribution in [1.82, 2.24) is 20.0 Å². The lowest BCUT2D eigenvalue weighted by molar-refractivity contribution is -0.136. The Kier molecular flexibility index (Phi) is 7.84. The molecule has 6 rings (SSSR count). The van der Waals surface area contributed by atoms with Crippen molar-refractivity contribution >= 4 is 17.7 Å². The summed E-state index contributed by atoms with van der Waals surface area (Å²) >= 11 is 0. The minimum absolute atomic E-state index is 0.172. The molecule has 4 heterocycles. The molecular formula is C31H40N4O4. The smallest absolute Gasteiger partial charge is 0.255 e. The number of ether oxygens (including phenoxy) is 1. The summed E-state index contributed by atoms with van der Waals surface area (Å²) < 4.78 is 6.22. The number of rotatable bonds is 7. The van der Waals surface area contributed by atoms with Crippen molar-refractivity contribution in [3.8, 4) is 5.75 Å². The lowest BCUT2D eigenvalue weighted by Crippen LogP contribution is -2.52. The van der Waals surface area contributed by atoms with Gasteiger partial charge in [0.2, 0.25) is 11.8 Å². The van der Waals surface area contributed by atoms with Crippen molar-refractivity contribution in [3.63, 3.8) is 0 Å². The predicted molar refractivity (Wildman–Crippen MR) is 148 cm³/mol. The highest BCUT2D eigenvalue weighted by Gasteiger charge is 2.40. The van der Waals surface area contributed by atoms with Gasteiger partial charge in [-0.05, 0) is 88.8 Å². The summed E-state index contributed by atoms with van der Waals surface area (Å²) in [6.45, 7) is 6.89. The van der Waals surface area contributed by atoms with Gasteiger partial charge in [-0.25, -0.2) is 0 Å². The normalized spacial score (nSPS) is 25.3. The highest BCUT2D eigenvalue weighted by molar-refractivity contribution is 6.05. The quantitative estimate of drug-likeness (QED) is 0.542. The van der Waals surface area contributed by atoms with Gasteiger partial charge in [0.05, 0.1) is 6.54 Å². The Labute approximate surface area is 231 Å². The van der Waals surface area contributed by atoms with Gasteiger partial charge in [0.15, 0.2) is 0 Å². The molecule has 8 heteroatoms. The minimum Gasteiger partial charge on any atom is -0.489 e. The van der Waals surface area contributed by atoms with Gasteiger partial charge < -0.3 is 14.5 Å². The van der Waals surface area contributed by atoms with Crippen molar-refractivity contribution in [1.29, 1.82) is 0 Å². The van der Waals surface area contributed by atoms with Crippen LogP contribution in [0.25, 0.3) is 0 Å². The number of nitrogens with zero attached hydrogens (tertiary/aromatic N) is 3. The third-order valence-electron chi connectivity index (χ3n) is 9.16. The number of nitrogens with one attached hydrogen (secondary N) is 1. The monoisotopic (exact) mass is 532 g/mol. The number of fused-ring (bicyclic) bond motifs is 1. The molecule has 4 aliphatic heterocycles. The second kappa shape index (κ2) is 11.6. The number of likely N-dealkylation sites (tertiary alicyclic amines) is 2. The number of carbonyl (C=O) groups is 3. The van der Waals surface area contributed by atoms with Crippen molar-refractivity contribution in [2.24, 2.45) is 0 Å². The van der Waals surface area contributed by atoms with Crippen LogP contribution in [0.3, 0.4) is 0 Å². The van der Waals surface area contributed by atoms with E-state index in [1.165, 1.54) is 69.4 Å². The zero-order chi connectivity index (χ0) is 26.8. The van der Waals surface area contributed by atoms with Gasteiger partial charge in [-0.3, -0.25) is 24.6 Å². The number of hydrogen-bond donors (Lipinski definition) is 1. The standard InChI is InChI=1S/C31H40N4O4/c36-29-12-11-27(30(37)32-29)35-20-26-25(31(35)38)5-4-6-28(26)39-21-23-9-7-22(8-10-23)19-33-17-13-24(14-18-33)34-15-2-1-3-16-34/h4-7,9,24,27H,1-3,8,10-21H2,(H,32,36,37). The van der Waals surface area contributed by atoms with E-state index in [0.29, 0.717) is 30.9 Å². The first kappa shape index (κ1) is 26.3. The highest BCUT2D eigenvalue weighted by atomic mass is 16.5. The van der Waals surface area contributed by atoms with Crippen LogP contribution in [0.5, 0.6) is 5.75 Å². The van der Waals surface area contributed by atoms with E-state index in [1.54, 1.807) is 11.0 Å². The maximum absolute atomic E-state index is 13.1. The second-order valence-corrected chi connectivity index (χ2v) is 11.7. The van der Waals surface area contributed by atoms with E-state index in [9.17, 15) is 14.4 Å². The Morgan fingerprint density at radius 3 is 2.38 bits per heavy atom. The van der Waals surface area contributed by atoms with Crippen molar-refractivity contribution < 1.29 is 19.1 Å². The van der Waals surface area contributed by atoms with Gasteiger partial charge in [0.1, 0.15) is 18.4 Å². The Balaban J connectivity index is 1.01. The molecule has 5 aliphatic rings. The summed E-state index contributed by atoms with van der Waals surface area (Å²) in [4.78, 5) is 43.9. The first-order chi connectivity index (χ1) is 19.0. The second-order valence-electron chi connectivity index (χ2n) is 11.7. The van der Waals surface area contributed by atoms with Crippen molar-refractivity contribution in [3.05, 3.63) is 52.6 Å². The number of piperidine rings is 3. The molecular weight excluding hydrogens is 492 g/mol. The molecule has 0 radical (unpaired) electrons. The van der Waals surface area contributed by atoms with E-state index >= 15 is 0 Å². The molecule has 3 saturated heterocycles. The third-order valence-corrected chi connectivity index (χ3v) is 9.16. The average molecular weight is 533 g/mol. The largest absolute Gasteiger partial charge is 0.489 e. The maximum Gasteiger partial charge on any atom is 0.255 e. The fourth-order valence-electron chi connectivity index (χ4n) is 6.85. The van der Waals surface area contributed by atoms with Crippen LogP contribution in [0.15, 0.2) is 41.5 Å². The summed E-state index contributed by atoms with van der Waals surface area (Å²) in [6, 6.07) is 5.70. The van der Waals surface area contributed by atoms with Gasteiger partial charge in [0.25, 0.3) is 5.91 Å². The van der Waals surface area contributed by atoms with Crippen LogP contribution >= 0.6 is 0 Å². The highest BCUT2D eigenvalue weighted by Crippen LogP contribution is 2.34.